The van der Waals surface area contributed by atoms with Crippen LogP contribution in [-0.4, -0.2) is 24.7 Å². The molecule has 0 aromatic carbocycles. The van der Waals surface area contributed by atoms with E-state index in [0.29, 0.717) is 6.54 Å². The summed E-state index contributed by atoms with van der Waals surface area (Å²) >= 11 is 1.58. The first-order valence-corrected chi connectivity index (χ1v) is 6.29. The lowest BCUT2D eigenvalue weighted by Gasteiger charge is -2.09. The molecule has 3 aromatic rings. The van der Waals surface area contributed by atoms with E-state index in [-0.39, 0.29) is 0 Å². The Morgan fingerprint density at radius 2 is 2.33 bits per heavy atom. The third kappa shape index (κ3) is 2.21. The monoisotopic (exact) mass is 258 g/mol. The highest BCUT2D eigenvalue weighted by atomic mass is 32.1. The average molecular weight is 258 g/mol. The van der Waals surface area contributed by atoms with E-state index < -0.39 is 0 Å². The standard InChI is InChI=1S/C11H10N6S/c1-2-10(14-4-9-5-18-8-15-9)11(13-3-1)17-7-12-6-16-17/h1-3,5-8,14H,4H2. The van der Waals surface area contributed by atoms with E-state index in [1.165, 1.54) is 6.33 Å². The van der Waals surface area contributed by atoms with E-state index >= 15 is 0 Å². The van der Waals surface area contributed by atoms with Gasteiger partial charge in [-0.05, 0) is 12.1 Å². The molecule has 0 aliphatic rings. The zero-order valence-electron chi connectivity index (χ0n) is 9.39. The number of pyridine rings is 1. The third-order valence-electron chi connectivity index (χ3n) is 2.37. The highest BCUT2D eigenvalue weighted by molar-refractivity contribution is 7.07. The molecule has 0 bridgehead atoms. The molecule has 3 rings (SSSR count). The Hall–Kier alpha value is -2.28. The number of aromatic nitrogens is 5. The summed E-state index contributed by atoms with van der Waals surface area (Å²) in [5.74, 6) is 0.727. The molecule has 1 N–H and O–H groups in total. The van der Waals surface area contributed by atoms with Gasteiger partial charge in [0.25, 0.3) is 0 Å². The summed E-state index contributed by atoms with van der Waals surface area (Å²) in [4.78, 5) is 12.4. The Morgan fingerprint density at radius 3 is 3.11 bits per heavy atom. The van der Waals surface area contributed by atoms with Crippen molar-refractivity contribution in [2.75, 3.05) is 5.32 Å². The molecule has 0 fully saturated rings. The van der Waals surface area contributed by atoms with Crippen molar-refractivity contribution in [1.29, 1.82) is 0 Å². The molecule has 18 heavy (non-hydrogen) atoms. The maximum atomic E-state index is 4.30. The molecule has 3 heterocycles. The smallest absolute Gasteiger partial charge is 0.178 e. The molecular formula is C11H10N6S. The zero-order valence-corrected chi connectivity index (χ0v) is 10.2. The van der Waals surface area contributed by atoms with Gasteiger partial charge in [-0.25, -0.2) is 19.6 Å². The fourth-order valence-electron chi connectivity index (χ4n) is 1.55. The molecule has 0 saturated carbocycles. The fraction of sp³-hybridized carbons (Fsp3) is 0.0909. The van der Waals surface area contributed by atoms with Crippen LogP contribution in [0.15, 0.2) is 41.9 Å². The normalized spacial score (nSPS) is 10.4. The molecule has 0 aliphatic carbocycles. The van der Waals surface area contributed by atoms with Crippen LogP contribution < -0.4 is 5.32 Å². The van der Waals surface area contributed by atoms with E-state index in [1.54, 1.807) is 28.5 Å². The summed E-state index contributed by atoms with van der Waals surface area (Å²) in [5.41, 5.74) is 3.72. The molecule has 0 atom stereocenters. The van der Waals surface area contributed by atoms with Crippen LogP contribution in [0.2, 0.25) is 0 Å². The lowest BCUT2D eigenvalue weighted by atomic mass is 10.3. The molecule has 0 aliphatic heterocycles. The molecule has 3 aromatic heterocycles. The van der Waals surface area contributed by atoms with Gasteiger partial charge in [0.2, 0.25) is 0 Å². The quantitative estimate of drug-likeness (QED) is 0.772. The van der Waals surface area contributed by atoms with Crippen molar-refractivity contribution in [3.05, 3.63) is 47.6 Å². The summed E-state index contributed by atoms with van der Waals surface area (Å²) < 4.78 is 1.63. The van der Waals surface area contributed by atoms with E-state index in [1.807, 2.05) is 23.0 Å². The van der Waals surface area contributed by atoms with E-state index in [2.05, 4.69) is 25.4 Å². The van der Waals surface area contributed by atoms with Crippen molar-refractivity contribution in [2.45, 2.75) is 6.54 Å². The van der Waals surface area contributed by atoms with Crippen LogP contribution in [0.25, 0.3) is 5.82 Å². The van der Waals surface area contributed by atoms with Crippen LogP contribution in [0.1, 0.15) is 5.69 Å². The van der Waals surface area contributed by atoms with E-state index in [9.17, 15) is 0 Å². The highest BCUT2D eigenvalue weighted by Crippen LogP contribution is 2.16. The zero-order chi connectivity index (χ0) is 12.2. The number of hydrogen-bond acceptors (Lipinski definition) is 6. The minimum absolute atomic E-state index is 0.664. The molecule has 0 amide bonds. The number of rotatable bonds is 4. The number of nitrogens with one attached hydrogen (secondary N) is 1. The Morgan fingerprint density at radius 1 is 1.33 bits per heavy atom. The van der Waals surface area contributed by atoms with Gasteiger partial charge in [0.15, 0.2) is 5.82 Å². The molecular weight excluding hydrogens is 248 g/mol. The molecule has 6 nitrogen and oxygen atoms in total. The van der Waals surface area contributed by atoms with Crippen molar-refractivity contribution in [2.24, 2.45) is 0 Å². The van der Waals surface area contributed by atoms with Gasteiger partial charge in [0.05, 0.1) is 23.4 Å². The van der Waals surface area contributed by atoms with Gasteiger partial charge in [-0.15, -0.1) is 11.3 Å². The molecule has 90 valence electrons. The molecule has 0 radical (unpaired) electrons. The second-order valence-electron chi connectivity index (χ2n) is 3.55. The van der Waals surface area contributed by atoms with E-state index in [4.69, 9.17) is 0 Å². The van der Waals surface area contributed by atoms with Gasteiger partial charge in [-0.3, -0.25) is 0 Å². The van der Waals surface area contributed by atoms with E-state index in [0.717, 1.165) is 17.2 Å². The van der Waals surface area contributed by atoms with Crippen LogP contribution in [0.4, 0.5) is 5.69 Å². The Balaban J connectivity index is 1.84. The summed E-state index contributed by atoms with van der Waals surface area (Å²) in [5, 5.41) is 9.39. The maximum absolute atomic E-state index is 4.30. The fourth-order valence-corrected chi connectivity index (χ4v) is 2.10. The average Bonchev–Trinajstić information content (AvgIpc) is 3.10. The summed E-state index contributed by atoms with van der Waals surface area (Å²) in [7, 11) is 0. The van der Waals surface area contributed by atoms with Crippen molar-refractivity contribution in [1.82, 2.24) is 24.7 Å². The van der Waals surface area contributed by atoms with Crippen LogP contribution in [0, 0.1) is 0 Å². The largest absolute Gasteiger partial charge is 0.376 e. The van der Waals surface area contributed by atoms with Crippen LogP contribution >= 0.6 is 11.3 Å². The van der Waals surface area contributed by atoms with Gasteiger partial charge in [0.1, 0.15) is 12.7 Å². The predicted molar refractivity (Wildman–Crippen MR) is 68.6 cm³/mol. The number of anilines is 1. The third-order valence-corrected chi connectivity index (χ3v) is 3.00. The molecule has 7 heteroatoms. The van der Waals surface area contributed by atoms with Crippen LogP contribution in [0.5, 0.6) is 0 Å². The summed E-state index contributed by atoms with van der Waals surface area (Å²) in [6.07, 6.45) is 4.83. The summed E-state index contributed by atoms with van der Waals surface area (Å²) in [6, 6.07) is 3.83. The van der Waals surface area contributed by atoms with Gasteiger partial charge >= 0.3 is 0 Å². The Bertz CT molecular complexity index is 604. The van der Waals surface area contributed by atoms with Gasteiger partial charge in [-0.2, -0.15) is 5.10 Å². The first-order valence-electron chi connectivity index (χ1n) is 5.34. The van der Waals surface area contributed by atoms with Crippen molar-refractivity contribution in [3.63, 3.8) is 0 Å². The van der Waals surface area contributed by atoms with Gasteiger partial charge in [-0.1, -0.05) is 0 Å². The Kier molecular flexibility index (Phi) is 2.97. The minimum Gasteiger partial charge on any atom is -0.376 e. The van der Waals surface area contributed by atoms with Gasteiger partial charge in [0, 0.05) is 11.6 Å². The van der Waals surface area contributed by atoms with Gasteiger partial charge < -0.3 is 5.32 Å². The topological polar surface area (TPSA) is 68.5 Å². The van der Waals surface area contributed by atoms with Crippen LogP contribution in [0.3, 0.4) is 0 Å². The minimum atomic E-state index is 0.664. The Labute approximate surface area is 107 Å². The first-order chi connectivity index (χ1) is 8.93. The second-order valence-corrected chi connectivity index (χ2v) is 4.27. The number of thiazole rings is 1. The van der Waals surface area contributed by atoms with Crippen molar-refractivity contribution >= 4 is 17.0 Å². The molecule has 0 spiro atoms. The lowest BCUT2D eigenvalue weighted by Crippen LogP contribution is -2.06. The molecule has 0 saturated heterocycles. The number of nitrogens with zero attached hydrogens (tertiary/aromatic N) is 5. The number of hydrogen-bond donors (Lipinski definition) is 1. The summed E-state index contributed by atoms with van der Waals surface area (Å²) in [6.45, 7) is 0.664. The second kappa shape index (κ2) is 4.92. The van der Waals surface area contributed by atoms with Crippen molar-refractivity contribution in [3.8, 4) is 5.82 Å². The highest BCUT2D eigenvalue weighted by Gasteiger charge is 2.06. The predicted octanol–water partition coefficient (Wildman–Crippen LogP) is 1.73. The molecule has 0 unspecified atom stereocenters. The maximum Gasteiger partial charge on any atom is 0.178 e. The van der Waals surface area contributed by atoms with Crippen molar-refractivity contribution < 1.29 is 0 Å². The first kappa shape index (κ1) is 10.8. The SMILES string of the molecule is c1cnc(-n2cncn2)c(NCc2cscn2)c1. The van der Waals surface area contributed by atoms with Crippen LogP contribution in [-0.2, 0) is 6.54 Å². The lowest BCUT2D eigenvalue weighted by molar-refractivity contribution is 0.844.